The second kappa shape index (κ2) is 8.73. The molecular formula is C18H24N2O5. The maximum Gasteiger partial charge on any atom is 0.327 e. The first-order valence-electron chi connectivity index (χ1n) is 8.32. The van der Waals surface area contributed by atoms with Gasteiger partial charge in [0.05, 0.1) is 0 Å². The molecule has 0 aromatic heterocycles. The molecule has 0 aliphatic carbocycles. The number of ether oxygens (including phenoxy) is 2. The summed E-state index contributed by atoms with van der Waals surface area (Å²) in [5, 5.41) is 3.06. The van der Waals surface area contributed by atoms with Crippen molar-refractivity contribution in [3.63, 3.8) is 0 Å². The lowest BCUT2D eigenvalue weighted by molar-refractivity contribution is -0.157. The van der Waals surface area contributed by atoms with Crippen LogP contribution in [0.1, 0.15) is 30.6 Å². The minimum Gasteiger partial charge on any atom is -0.459 e. The highest BCUT2D eigenvalue weighted by Gasteiger charge is 2.32. The summed E-state index contributed by atoms with van der Waals surface area (Å²) in [6, 6.07) is 6.98. The van der Waals surface area contributed by atoms with Crippen molar-refractivity contribution in [2.24, 2.45) is 11.7 Å². The Morgan fingerprint density at radius 1 is 1.28 bits per heavy atom. The van der Waals surface area contributed by atoms with Crippen molar-refractivity contribution in [1.29, 1.82) is 0 Å². The Morgan fingerprint density at radius 3 is 2.56 bits per heavy atom. The van der Waals surface area contributed by atoms with E-state index in [0.29, 0.717) is 17.9 Å². The number of nitrogens with two attached hydrogens (primary N) is 1. The zero-order valence-electron chi connectivity index (χ0n) is 14.4. The third kappa shape index (κ3) is 5.37. The highest BCUT2D eigenvalue weighted by Crippen LogP contribution is 2.15. The number of rotatable bonds is 7. The van der Waals surface area contributed by atoms with Crippen molar-refractivity contribution >= 4 is 17.7 Å². The lowest BCUT2D eigenvalue weighted by atomic mass is 10.1. The summed E-state index contributed by atoms with van der Waals surface area (Å²) >= 11 is 0. The molecule has 1 aliphatic heterocycles. The molecule has 4 unspecified atom stereocenters. The van der Waals surface area contributed by atoms with Gasteiger partial charge in [0.1, 0.15) is 18.2 Å². The average Bonchev–Trinajstić information content (AvgIpc) is 3.05. The lowest BCUT2D eigenvalue weighted by Crippen LogP contribution is -2.46. The first kappa shape index (κ1) is 19.1. The van der Waals surface area contributed by atoms with Crippen LogP contribution < -0.4 is 11.1 Å². The summed E-state index contributed by atoms with van der Waals surface area (Å²) in [4.78, 5) is 35.9. The Labute approximate surface area is 146 Å². The minimum atomic E-state index is -1.15. The molecule has 0 amide bonds. The molecule has 0 bridgehead atoms. The van der Waals surface area contributed by atoms with Crippen LogP contribution in [0.3, 0.4) is 0 Å². The molecule has 7 heteroatoms. The van der Waals surface area contributed by atoms with Gasteiger partial charge in [-0.05, 0) is 25.8 Å². The van der Waals surface area contributed by atoms with Crippen LogP contribution in [0.5, 0.6) is 0 Å². The summed E-state index contributed by atoms with van der Waals surface area (Å²) in [5.41, 5.74) is 6.23. The minimum absolute atomic E-state index is 0.324. The van der Waals surface area contributed by atoms with Crippen LogP contribution in [0.2, 0.25) is 0 Å². The molecule has 1 aromatic rings. The van der Waals surface area contributed by atoms with E-state index in [1.807, 2.05) is 6.92 Å². The maximum atomic E-state index is 12.0. The highest BCUT2D eigenvalue weighted by atomic mass is 16.6. The predicted octanol–water partition coefficient (Wildman–Crippen LogP) is 0.670. The molecule has 4 atom stereocenters. The largest absolute Gasteiger partial charge is 0.459 e. The number of hydrogen-bond acceptors (Lipinski definition) is 7. The van der Waals surface area contributed by atoms with E-state index in [-0.39, 0.29) is 11.8 Å². The molecule has 0 radical (unpaired) electrons. The molecule has 1 saturated heterocycles. The molecule has 25 heavy (non-hydrogen) atoms. The second-order valence-electron chi connectivity index (χ2n) is 6.37. The van der Waals surface area contributed by atoms with Crippen molar-refractivity contribution in [1.82, 2.24) is 5.32 Å². The number of esters is 2. The van der Waals surface area contributed by atoms with Gasteiger partial charge in [0, 0.05) is 5.56 Å². The zero-order chi connectivity index (χ0) is 18.4. The van der Waals surface area contributed by atoms with E-state index in [0.717, 1.165) is 6.54 Å². The third-order valence-electron chi connectivity index (χ3n) is 4.16. The average molecular weight is 348 g/mol. The summed E-state index contributed by atoms with van der Waals surface area (Å²) in [7, 11) is 0. The Balaban J connectivity index is 1.78. The summed E-state index contributed by atoms with van der Waals surface area (Å²) < 4.78 is 10.2. The number of Topliss-reactive ketones (excluding diaryl/α,β-unsaturated/α-hetero) is 1. The standard InChI is InChI=1S/C18H24N2O5/c1-11-8-14(20-9-11)17(22)25-12(2)16(19)18(23)24-10-15(21)13-6-4-3-5-7-13/h3-7,11-12,14,16,20H,8-10,19H2,1-2H3. The van der Waals surface area contributed by atoms with Crippen molar-refractivity contribution < 1.29 is 23.9 Å². The summed E-state index contributed by atoms with van der Waals surface area (Å²) in [5.74, 6) is -1.14. The first-order valence-corrected chi connectivity index (χ1v) is 8.32. The van der Waals surface area contributed by atoms with Gasteiger partial charge in [0.15, 0.2) is 12.4 Å². The Hall–Kier alpha value is -2.25. The number of carbonyl (C=O) groups is 3. The van der Waals surface area contributed by atoms with Crippen molar-refractivity contribution in [2.45, 2.75) is 38.5 Å². The predicted molar refractivity (Wildman–Crippen MR) is 90.8 cm³/mol. The molecule has 3 N–H and O–H groups in total. The van der Waals surface area contributed by atoms with Gasteiger partial charge in [-0.2, -0.15) is 0 Å². The number of nitrogens with one attached hydrogen (secondary N) is 1. The molecule has 7 nitrogen and oxygen atoms in total. The van der Waals surface area contributed by atoms with E-state index in [4.69, 9.17) is 15.2 Å². The van der Waals surface area contributed by atoms with E-state index in [1.54, 1.807) is 30.3 Å². The van der Waals surface area contributed by atoms with E-state index < -0.39 is 30.7 Å². The molecule has 0 spiro atoms. The summed E-state index contributed by atoms with van der Waals surface area (Å²) in [6.45, 7) is 3.92. The van der Waals surface area contributed by atoms with Crippen molar-refractivity contribution in [2.75, 3.05) is 13.2 Å². The van der Waals surface area contributed by atoms with Crippen LogP contribution in [-0.2, 0) is 19.1 Å². The van der Waals surface area contributed by atoms with Gasteiger partial charge in [-0.15, -0.1) is 0 Å². The van der Waals surface area contributed by atoms with Crippen LogP contribution >= 0.6 is 0 Å². The smallest absolute Gasteiger partial charge is 0.327 e. The molecule has 1 heterocycles. The van der Waals surface area contributed by atoms with Crippen LogP contribution in [0.15, 0.2) is 30.3 Å². The van der Waals surface area contributed by atoms with Crippen LogP contribution in [-0.4, -0.2) is 49.1 Å². The second-order valence-corrected chi connectivity index (χ2v) is 6.37. The molecule has 0 saturated carbocycles. The molecular weight excluding hydrogens is 324 g/mol. The quantitative estimate of drug-likeness (QED) is 0.551. The van der Waals surface area contributed by atoms with E-state index >= 15 is 0 Å². The molecule has 2 rings (SSSR count). The topological polar surface area (TPSA) is 108 Å². The molecule has 1 aromatic carbocycles. The van der Waals surface area contributed by atoms with Crippen molar-refractivity contribution in [3.8, 4) is 0 Å². The fraction of sp³-hybridized carbons (Fsp3) is 0.500. The van der Waals surface area contributed by atoms with Gasteiger partial charge in [-0.3, -0.25) is 14.4 Å². The fourth-order valence-electron chi connectivity index (χ4n) is 2.56. The van der Waals surface area contributed by atoms with Gasteiger partial charge in [0.2, 0.25) is 0 Å². The number of hydrogen-bond donors (Lipinski definition) is 2. The fourth-order valence-corrected chi connectivity index (χ4v) is 2.56. The monoisotopic (exact) mass is 348 g/mol. The molecule has 1 aliphatic rings. The van der Waals surface area contributed by atoms with E-state index in [9.17, 15) is 14.4 Å². The van der Waals surface area contributed by atoms with Crippen LogP contribution in [0.4, 0.5) is 0 Å². The number of carbonyl (C=O) groups excluding carboxylic acids is 3. The van der Waals surface area contributed by atoms with Crippen LogP contribution in [0, 0.1) is 5.92 Å². The maximum absolute atomic E-state index is 12.0. The van der Waals surface area contributed by atoms with E-state index in [2.05, 4.69) is 5.32 Å². The first-order chi connectivity index (χ1) is 11.9. The Morgan fingerprint density at radius 2 is 1.96 bits per heavy atom. The Bertz CT molecular complexity index is 619. The number of benzene rings is 1. The van der Waals surface area contributed by atoms with Gasteiger partial charge in [-0.25, -0.2) is 0 Å². The lowest BCUT2D eigenvalue weighted by Gasteiger charge is -2.21. The molecule has 1 fully saturated rings. The zero-order valence-corrected chi connectivity index (χ0v) is 14.4. The van der Waals surface area contributed by atoms with E-state index in [1.165, 1.54) is 6.92 Å². The normalized spacial score (nSPS) is 22.0. The SMILES string of the molecule is CC1CNC(C(=O)OC(C)C(N)C(=O)OCC(=O)c2ccccc2)C1. The van der Waals surface area contributed by atoms with Gasteiger partial charge in [-0.1, -0.05) is 37.3 Å². The number of ketones is 1. The van der Waals surface area contributed by atoms with Gasteiger partial charge < -0.3 is 20.5 Å². The third-order valence-corrected chi connectivity index (χ3v) is 4.16. The van der Waals surface area contributed by atoms with Gasteiger partial charge >= 0.3 is 11.9 Å². The highest BCUT2D eigenvalue weighted by molar-refractivity contribution is 5.98. The summed E-state index contributed by atoms with van der Waals surface area (Å²) in [6.07, 6.45) is -0.152. The van der Waals surface area contributed by atoms with Gasteiger partial charge in [0.25, 0.3) is 0 Å². The van der Waals surface area contributed by atoms with Crippen LogP contribution in [0.25, 0.3) is 0 Å². The van der Waals surface area contributed by atoms with Crippen molar-refractivity contribution in [3.05, 3.63) is 35.9 Å². The molecule has 136 valence electrons. The Kier molecular flexibility index (Phi) is 6.66.